The molecule has 2 rings (SSSR count). The van der Waals surface area contributed by atoms with Crippen molar-refractivity contribution in [1.29, 1.82) is 5.26 Å². The second-order valence-electron chi connectivity index (χ2n) is 5.27. The van der Waals surface area contributed by atoms with Gasteiger partial charge in [0.25, 0.3) is 0 Å². The first kappa shape index (κ1) is 11.9. The zero-order valence-corrected chi connectivity index (χ0v) is 10.3. The topological polar surface area (TPSA) is 39.1 Å². The summed E-state index contributed by atoms with van der Waals surface area (Å²) in [5.74, 6) is 0.924. The van der Waals surface area contributed by atoms with Gasteiger partial charge in [-0.15, -0.1) is 0 Å². The van der Waals surface area contributed by atoms with Crippen molar-refractivity contribution in [2.24, 2.45) is 5.92 Å². The predicted octanol–water partition coefficient (Wildman–Crippen LogP) is 1.75. The molecule has 1 aliphatic heterocycles. The molecule has 1 N–H and O–H groups in total. The van der Waals surface area contributed by atoms with Crippen LogP contribution in [0, 0.1) is 17.2 Å². The average Bonchev–Trinajstić information content (AvgIpc) is 3.13. The van der Waals surface area contributed by atoms with Crippen LogP contribution in [0.15, 0.2) is 0 Å². The molecule has 90 valence electrons. The van der Waals surface area contributed by atoms with E-state index in [2.05, 4.69) is 23.2 Å². The van der Waals surface area contributed by atoms with Crippen LogP contribution in [0.1, 0.15) is 39.0 Å². The molecule has 1 saturated carbocycles. The Hall–Kier alpha value is -0.590. The van der Waals surface area contributed by atoms with E-state index in [4.69, 9.17) is 5.26 Å². The van der Waals surface area contributed by atoms with Crippen LogP contribution in [0.4, 0.5) is 0 Å². The molecule has 1 unspecified atom stereocenters. The monoisotopic (exact) mass is 221 g/mol. The molecule has 1 atom stereocenters. The summed E-state index contributed by atoms with van der Waals surface area (Å²) in [5, 5.41) is 12.5. The molecule has 3 heteroatoms. The summed E-state index contributed by atoms with van der Waals surface area (Å²) < 4.78 is 0. The minimum absolute atomic E-state index is 0.0469. The van der Waals surface area contributed by atoms with Crippen molar-refractivity contribution in [2.45, 2.75) is 51.1 Å². The minimum atomic E-state index is 0.0469. The van der Waals surface area contributed by atoms with E-state index < -0.39 is 0 Å². The van der Waals surface area contributed by atoms with Gasteiger partial charge in [0.1, 0.15) is 6.04 Å². The standard InChI is InChI=1S/C13H23N3/c1-2-11-5-7-16(8-6-11)10-13(9-14)15-12-3-4-12/h11-13,15H,2-8,10H2,1H3. The number of hydrogen-bond donors (Lipinski definition) is 1. The number of nitrogens with zero attached hydrogens (tertiary/aromatic N) is 2. The number of rotatable bonds is 5. The third-order valence-corrected chi connectivity index (χ3v) is 3.90. The maximum absolute atomic E-state index is 9.09. The summed E-state index contributed by atoms with van der Waals surface area (Å²) in [5.41, 5.74) is 0. The number of nitriles is 1. The molecule has 3 nitrogen and oxygen atoms in total. The first-order valence-electron chi connectivity index (χ1n) is 6.69. The molecule has 0 aromatic heterocycles. The lowest BCUT2D eigenvalue weighted by Gasteiger charge is -2.32. The van der Waals surface area contributed by atoms with E-state index in [1.54, 1.807) is 0 Å². The fraction of sp³-hybridized carbons (Fsp3) is 0.923. The van der Waals surface area contributed by atoms with Gasteiger partial charge in [-0.1, -0.05) is 13.3 Å². The fourth-order valence-electron chi connectivity index (χ4n) is 2.50. The van der Waals surface area contributed by atoms with E-state index in [1.807, 2.05) is 0 Å². The largest absolute Gasteiger partial charge is 0.301 e. The normalized spacial score (nSPS) is 25.2. The second-order valence-corrected chi connectivity index (χ2v) is 5.27. The van der Waals surface area contributed by atoms with E-state index in [0.29, 0.717) is 6.04 Å². The van der Waals surface area contributed by atoms with Crippen LogP contribution in [-0.2, 0) is 0 Å². The van der Waals surface area contributed by atoms with Crippen LogP contribution in [0.5, 0.6) is 0 Å². The van der Waals surface area contributed by atoms with Crippen molar-refractivity contribution in [1.82, 2.24) is 10.2 Å². The van der Waals surface area contributed by atoms with Crippen molar-refractivity contribution in [2.75, 3.05) is 19.6 Å². The minimum Gasteiger partial charge on any atom is -0.301 e. The van der Waals surface area contributed by atoms with E-state index in [1.165, 1.54) is 45.2 Å². The van der Waals surface area contributed by atoms with Crippen LogP contribution in [0.2, 0.25) is 0 Å². The molecule has 1 aliphatic carbocycles. The van der Waals surface area contributed by atoms with Crippen LogP contribution < -0.4 is 5.32 Å². The van der Waals surface area contributed by atoms with E-state index in [0.717, 1.165) is 12.5 Å². The van der Waals surface area contributed by atoms with E-state index >= 15 is 0 Å². The van der Waals surface area contributed by atoms with Crippen molar-refractivity contribution >= 4 is 0 Å². The Morgan fingerprint density at radius 3 is 2.50 bits per heavy atom. The van der Waals surface area contributed by atoms with Crippen LogP contribution >= 0.6 is 0 Å². The Balaban J connectivity index is 1.70. The number of hydrogen-bond acceptors (Lipinski definition) is 3. The lowest BCUT2D eigenvalue weighted by molar-refractivity contribution is 0.174. The van der Waals surface area contributed by atoms with Crippen molar-refractivity contribution < 1.29 is 0 Å². The van der Waals surface area contributed by atoms with Crippen molar-refractivity contribution in [3.8, 4) is 6.07 Å². The lowest BCUT2D eigenvalue weighted by Crippen LogP contribution is -2.44. The van der Waals surface area contributed by atoms with Crippen LogP contribution in [0.3, 0.4) is 0 Å². The molecular formula is C13H23N3. The molecule has 0 bridgehead atoms. The lowest BCUT2D eigenvalue weighted by atomic mass is 9.94. The highest BCUT2D eigenvalue weighted by Gasteiger charge is 2.26. The average molecular weight is 221 g/mol. The van der Waals surface area contributed by atoms with Gasteiger partial charge in [0.2, 0.25) is 0 Å². The Morgan fingerprint density at radius 1 is 1.31 bits per heavy atom. The van der Waals surface area contributed by atoms with Crippen LogP contribution in [0.25, 0.3) is 0 Å². The van der Waals surface area contributed by atoms with Gasteiger partial charge in [-0.3, -0.25) is 5.32 Å². The van der Waals surface area contributed by atoms with Crippen molar-refractivity contribution in [3.05, 3.63) is 0 Å². The Morgan fingerprint density at radius 2 is 2.00 bits per heavy atom. The number of likely N-dealkylation sites (tertiary alicyclic amines) is 1. The molecule has 0 aromatic carbocycles. The zero-order chi connectivity index (χ0) is 11.4. The molecular weight excluding hydrogens is 198 g/mol. The van der Waals surface area contributed by atoms with Gasteiger partial charge >= 0.3 is 0 Å². The van der Waals surface area contributed by atoms with Crippen LogP contribution in [-0.4, -0.2) is 36.6 Å². The van der Waals surface area contributed by atoms with Crippen molar-refractivity contribution in [3.63, 3.8) is 0 Å². The molecule has 0 radical (unpaired) electrons. The highest BCUT2D eigenvalue weighted by atomic mass is 15.2. The quantitative estimate of drug-likeness (QED) is 0.769. The molecule has 1 saturated heterocycles. The summed E-state index contributed by atoms with van der Waals surface area (Å²) in [7, 11) is 0. The summed E-state index contributed by atoms with van der Waals surface area (Å²) in [4.78, 5) is 2.45. The molecule has 2 fully saturated rings. The summed E-state index contributed by atoms with van der Waals surface area (Å²) in [6.45, 7) is 5.57. The summed E-state index contributed by atoms with van der Waals surface area (Å²) >= 11 is 0. The Kier molecular flexibility index (Phi) is 4.20. The fourth-order valence-corrected chi connectivity index (χ4v) is 2.50. The summed E-state index contributed by atoms with van der Waals surface area (Å²) in [6.07, 6.45) is 6.47. The van der Waals surface area contributed by atoms with Gasteiger partial charge in [0, 0.05) is 12.6 Å². The van der Waals surface area contributed by atoms with Gasteiger partial charge in [0.15, 0.2) is 0 Å². The molecule has 16 heavy (non-hydrogen) atoms. The van der Waals surface area contributed by atoms with E-state index in [-0.39, 0.29) is 6.04 Å². The smallest absolute Gasteiger partial charge is 0.108 e. The highest BCUT2D eigenvalue weighted by Crippen LogP contribution is 2.21. The molecule has 0 aromatic rings. The third-order valence-electron chi connectivity index (χ3n) is 3.90. The SMILES string of the molecule is CCC1CCN(CC(C#N)NC2CC2)CC1. The predicted molar refractivity (Wildman–Crippen MR) is 65.0 cm³/mol. The Labute approximate surface area is 98.8 Å². The Bertz CT molecular complexity index is 246. The summed E-state index contributed by atoms with van der Waals surface area (Å²) in [6, 6.07) is 3.08. The van der Waals surface area contributed by atoms with Gasteiger partial charge in [-0.2, -0.15) is 5.26 Å². The first-order valence-corrected chi connectivity index (χ1v) is 6.69. The zero-order valence-electron chi connectivity index (χ0n) is 10.3. The highest BCUT2D eigenvalue weighted by molar-refractivity contribution is 4.97. The molecule has 1 heterocycles. The van der Waals surface area contributed by atoms with Gasteiger partial charge < -0.3 is 4.90 Å². The van der Waals surface area contributed by atoms with Gasteiger partial charge in [0.05, 0.1) is 6.07 Å². The third kappa shape index (κ3) is 3.47. The number of nitrogens with one attached hydrogen (secondary N) is 1. The molecule has 2 aliphatic rings. The maximum Gasteiger partial charge on any atom is 0.108 e. The first-order chi connectivity index (χ1) is 7.81. The van der Waals surface area contributed by atoms with Gasteiger partial charge in [-0.05, 0) is 44.7 Å². The van der Waals surface area contributed by atoms with E-state index in [9.17, 15) is 0 Å². The number of piperidine rings is 1. The second kappa shape index (κ2) is 5.65. The molecule has 0 spiro atoms. The van der Waals surface area contributed by atoms with Gasteiger partial charge in [-0.25, -0.2) is 0 Å². The maximum atomic E-state index is 9.09. The molecule has 0 amide bonds.